The number of allylic oxidation sites excluding steroid dienone is 8. The maximum absolute atomic E-state index is 2.29. The van der Waals surface area contributed by atoms with Crippen LogP contribution in [0.15, 0.2) is 46.6 Å². The lowest BCUT2D eigenvalue weighted by Gasteiger charge is -2.13. The van der Waals surface area contributed by atoms with Crippen LogP contribution in [0.3, 0.4) is 0 Å². The molecule has 0 radical (unpaired) electrons. The van der Waals surface area contributed by atoms with Crippen LogP contribution in [0.2, 0.25) is 0 Å². The molecule has 0 rings (SSSR count). The molecule has 102 valence electrons. The van der Waals surface area contributed by atoms with Crippen LogP contribution in [-0.2, 0) is 0 Å². The van der Waals surface area contributed by atoms with Crippen LogP contribution in [-0.4, -0.2) is 0 Å². The summed E-state index contributed by atoms with van der Waals surface area (Å²) in [7, 11) is 0. The number of hydrogen-bond donors (Lipinski definition) is 0. The molecule has 0 atom stereocenters. The second kappa shape index (κ2) is 9.94. The highest BCUT2D eigenvalue weighted by molar-refractivity contribution is 5.36. The maximum atomic E-state index is 2.29. The van der Waals surface area contributed by atoms with E-state index >= 15 is 0 Å². The summed E-state index contributed by atoms with van der Waals surface area (Å²) >= 11 is 0. The minimum absolute atomic E-state index is 1.07. The van der Waals surface area contributed by atoms with Gasteiger partial charge in [0.25, 0.3) is 0 Å². The Morgan fingerprint density at radius 2 is 1.28 bits per heavy atom. The summed E-state index contributed by atoms with van der Waals surface area (Å²) in [6.07, 6.45) is 13.4. The van der Waals surface area contributed by atoms with Crippen molar-refractivity contribution in [2.45, 2.75) is 67.2 Å². The highest BCUT2D eigenvalue weighted by atomic mass is 14.1. The van der Waals surface area contributed by atoms with Gasteiger partial charge in [0.1, 0.15) is 0 Å². The molecular formula is C18H30. The molecule has 0 aliphatic carbocycles. The van der Waals surface area contributed by atoms with Crippen LogP contribution < -0.4 is 0 Å². The van der Waals surface area contributed by atoms with Crippen LogP contribution in [0.4, 0.5) is 0 Å². The summed E-state index contributed by atoms with van der Waals surface area (Å²) in [4.78, 5) is 0. The van der Waals surface area contributed by atoms with Gasteiger partial charge in [0.15, 0.2) is 0 Å². The first-order valence-corrected chi connectivity index (χ1v) is 7.29. The minimum Gasteiger partial charge on any atom is -0.0874 e. The fourth-order valence-corrected chi connectivity index (χ4v) is 2.19. The zero-order chi connectivity index (χ0) is 14.0. The van der Waals surface area contributed by atoms with Crippen LogP contribution in [0.1, 0.15) is 67.2 Å². The van der Waals surface area contributed by atoms with Gasteiger partial charge in [-0.2, -0.15) is 0 Å². The van der Waals surface area contributed by atoms with Crippen LogP contribution in [0, 0.1) is 0 Å². The van der Waals surface area contributed by atoms with E-state index in [2.05, 4.69) is 65.8 Å². The third-order valence-electron chi connectivity index (χ3n) is 3.50. The molecule has 0 fully saturated rings. The average molecular weight is 246 g/mol. The van der Waals surface area contributed by atoms with E-state index < -0.39 is 0 Å². The maximum Gasteiger partial charge on any atom is -0.00270 e. The molecule has 0 aliphatic heterocycles. The first-order valence-electron chi connectivity index (χ1n) is 7.29. The molecule has 0 bridgehead atoms. The molecule has 0 aliphatic rings. The van der Waals surface area contributed by atoms with Gasteiger partial charge in [-0.25, -0.2) is 0 Å². The van der Waals surface area contributed by atoms with Gasteiger partial charge in [-0.1, -0.05) is 56.2 Å². The molecule has 0 saturated heterocycles. The van der Waals surface area contributed by atoms with Gasteiger partial charge in [0.05, 0.1) is 0 Å². The second-order valence-electron chi connectivity index (χ2n) is 4.67. The molecule has 0 heterocycles. The van der Waals surface area contributed by atoms with Gasteiger partial charge in [-0.3, -0.25) is 0 Å². The molecule has 0 amide bonds. The van der Waals surface area contributed by atoms with E-state index in [-0.39, 0.29) is 0 Å². The summed E-state index contributed by atoms with van der Waals surface area (Å²) in [6.45, 7) is 13.2. The predicted molar refractivity (Wildman–Crippen MR) is 84.8 cm³/mol. The molecule has 18 heavy (non-hydrogen) atoms. The number of hydrogen-bond acceptors (Lipinski definition) is 0. The fourth-order valence-electron chi connectivity index (χ4n) is 2.19. The lowest BCUT2D eigenvalue weighted by Crippen LogP contribution is -1.93. The van der Waals surface area contributed by atoms with E-state index in [1.165, 1.54) is 16.7 Å². The third kappa shape index (κ3) is 5.53. The molecule has 0 nitrogen and oxygen atoms in total. The Hall–Kier alpha value is -1.04. The lowest BCUT2D eigenvalue weighted by molar-refractivity contribution is 0.929. The smallest absolute Gasteiger partial charge is 0.00270 e. The first kappa shape index (κ1) is 17.0. The summed E-state index contributed by atoms with van der Waals surface area (Å²) in [5.41, 5.74) is 6.07. The van der Waals surface area contributed by atoms with Gasteiger partial charge in [-0.05, 0) is 57.6 Å². The first-order chi connectivity index (χ1) is 8.64. The largest absolute Gasteiger partial charge is 0.0874 e. The highest BCUT2D eigenvalue weighted by Gasteiger charge is 2.05. The Labute approximate surface area is 114 Å². The zero-order valence-electron chi connectivity index (χ0n) is 13.1. The molecule has 0 spiro atoms. The topological polar surface area (TPSA) is 0 Å². The van der Waals surface area contributed by atoms with Crippen molar-refractivity contribution in [3.8, 4) is 0 Å². The Morgan fingerprint density at radius 3 is 1.67 bits per heavy atom. The molecule has 0 N–H and O–H groups in total. The van der Waals surface area contributed by atoms with Crippen LogP contribution >= 0.6 is 0 Å². The van der Waals surface area contributed by atoms with E-state index in [4.69, 9.17) is 0 Å². The SMILES string of the molecule is C/C=C\C(CC(/C=C\C)=C(\C)CC)=C(CC)CC. The Balaban J connectivity index is 5.37. The van der Waals surface area contributed by atoms with Crippen molar-refractivity contribution < 1.29 is 0 Å². The normalized spacial score (nSPS) is 13.2. The second-order valence-corrected chi connectivity index (χ2v) is 4.67. The van der Waals surface area contributed by atoms with Crippen molar-refractivity contribution >= 4 is 0 Å². The van der Waals surface area contributed by atoms with Crippen LogP contribution in [0.5, 0.6) is 0 Å². The molecule has 0 saturated carbocycles. The standard InChI is InChI=1S/C18H30/c1-7-12-17(15(6)9-3)14-18(13-8-2)16(10-4)11-5/h7-8,12-13H,9-11,14H2,1-6H3/b12-7-,13-8-,17-15+. The van der Waals surface area contributed by atoms with Gasteiger partial charge in [0, 0.05) is 0 Å². The summed E-state index contributed by atoms with van der Waals surface area (Å²) in [6, 6.07) is 0. The zero-order valence-corrected chi connectivity index (χ0v) is 13.1. The van der Waals surface area contributed by atoms with Gasteiger partial charge < -0.3 is 0 Å². The van der Waals surface area contributed by atoms with E-state index in [9.17, 15) is 0 Å². The third-order valence-corrected chi connectivity index (χ3v) is 3.50. The van der Waals surface area contributed by atoms with Crippen molar-refractivity contribution in [3.05, 3.63) is 46.6 Å². The summed E-state index contributed by atoms with van der Waals surface area (Å²) < 4.78 is 0. The molecule has 0 aromatic carbocycles. The number of rotatable bonds is 7. The van der Waals surface area contributed by atoms with Crippen molar-refractivity contribution in [2.24, 2.45) is 0 Å². The average Bonchev–Trinajstić information content (AvgIpc) is 2.38. The Kier molecular flexibility index (Phi) is 9.36. The van der Waals surface area contributed by atoms with E-state index in [0.717, 1.165) is 25.7 Å². The highest BCUT2D eigenvalue weighted by Crippen LogP contribution is 2.24. The molecule has 0 aromatic heterocycles. The van der Waals surface area contributed by atoms with Crippen molar-refractivity contribution in [1.29, 1.82) is 0 Å². The molecule has 0 heteroatoms. The molecular weight excluding hydrogens is 216 g/mol. The van der Waals surface area contributed by atoms with Gasteiger partial charge >= 0.3 is 0 Å². The van der Waals surface area contributed by atoms with Gasteiger partial charge in [-0.15, -0.1) is 0 Å². The predicted octanol–water partition coefficient (Wildman–Crippen LogP) is 6.37. The van der Waals surface area contributed by atoms with Crippen LogP contribution in [0.25, 0.3) is 0 Å². The molecule has 0 aromatic rings. The van der Waals surface area contributed by atoms with Gasteiger partial charge in [0.2, 0.25) is 0 Å². The van der Waals surface area contributed by atoms with Crippen molar-refractivity contribution in [3.63, 3.8) is 0 Å². The minimum atomic E-state index is 1.07. The monoisotopic (exact) mass is 246 g/mol. The Bertz CT molecular complexity index is 342. The molecule has 0 unspecified atom stereocenters. The quantitative estimate of drug-likeness (QED) is 0.458. The fraction of sp³-hybridized carbons (Fsp3) is 0.556. The van der Waals surface area contributed by atoms with E-state index in [1.807, 2.05) is 0 Å². The van der Waals surface area contributed by atoms with Crippen molar-refractivity contribution in [2.75, 3.05) is 0 Å². The van der Waals surface area contributed by atoms with Crippen molar-refractivity contribution in [1.82, 2.24) is 0 Å². The van der Waals surface area contributed by atoms with E-state index in [0.29, 0.717) is 0 Å². The Morgan fingerprint density at radius 1 is 0.778 bits per heavy atom. The summed E-state index contributed by atoms with van der Waals surface area (Å²) in [5.74, 6) is 0. The lowest BCUT2D eigenvalue weighted by atomic mass is 9.93. The van der Waals surface area contributed by atoms with E-state index in [1.54, 1.807) is 5.57 Å². The summed E-state index contributed by atoms with van der Waals surface area (Å²) in [5, 5.41) is 0.